The second-order valence-corrected chi connectivity index (χ2v) is 4.94. The Bertz CT molecular complexity index is 648. The van der Waals surface area contributed by atoms with E-state index in [0.717, 1.165) is 24.5 Å². The molecule has 1 N–H and O–H groups in total. The first kappa shape index (κ1) is 16.1. The third-order valence-electron chi connectivity index (χ3n) is 3.23. The molecule has 0 spiro atoms. The molecule has 22 heavy (non-hydrogen) atoms. The summed E-state index contributed by atoms with van der Waals surface area (Å²) in [6.07, 6.45) is -2.63. The zero-order valence-corrected chi connectivity index (χ0v) is 12.1. The van der Waals surface area contributed by atoms with Crippen LogP contribution in [0.5, 0.6) is 0 Å². The van der Waals surface area contributed by atoms with Gasteiger partial charge in [-0.15, -0.1) is 0 Å². The molecule has 5 heteroatoms. The number of aryl methyl sites for hydroxylation is 1. The predicted octanol–water partition coefficient (Wildman–Crippen LogP) is 4.91. The average molecular weight is 307 g/mol. The largest absolute Gasteiger partial charge is 0.417 e. The highest BCUT2D eigenvalue weighted by atomic mass is 19.4. The maximum Gasteiger partial charge on any atom is 0.417 e. The molecule has 0 heterocycles. The van der Waals surface area contributed by atoms with Crippen molar-refractivity contribution in [1.82, 2.24) is 0 Å². The number of anilines is 1. The van der Waals surface area contributed by atoms with Gasteiger partial charge in [0.1, 0.15) is 0 Å². The lowest BCUT2D eigenvalue weighted by Crippen LogP contribution is -2.18. The molecule has 0 aliphatic carbocycles. The maximum absolute atomic E-state index is 12.9. The van der Waals surface area contributed by atoms with Crippen molar-refractivity contribution in [3.05, 3.63) is 65.2 Å². The molecule has 0 saturated carbocycles. The molecule has 0 aliphatic rings. The Morgan fingerprint density at radius 3 is 2.27 bits per heavy atom. The number of benzene rings is 2. The third-order valence-corrected chi connectivity index (χ3v) is 3.23. The normalized spacial score (nSPS) is 11.3. The van der Waals surface area contributed by atoms with Gasteiger partial charge in [0, 0.05) is 5.69 Å². The van der Waals surface area contributed by atoms with Crippen molar-refractivity contribution in [2.24, 2.45) is 0 Å². The summed E-state index contributed by atoms with van der Waals surface area (Å²) in [5.41, 5.74) is 0.278. The van der Waals surface area contributed by atoms with Crippen molar-refractivity contribution < 1.29 is 18.0 Å². The van der Waals surface area contributed by atoms with Crippen molar-refractivity contribution in [1.29, 1.82) is 0 Å². The summed E-state index contributed by atoms with van der Waals surface area (Å²) in [7, 11) is 0. The Hall–Kier alpha value is -2.30. The van der Waals surface area contributed by atoms with Gasteiger partial charge >= 0.3 is 6.18 Å². The standard InChI is InChI=1S/C17H16F3NO/c1-2-5-12-8-10-13(11-9-12)21-16(22)14-6-3-4-7-15(14)17(18,19)20/h3-4,6-11H,2,5H2,1H3,(H,21,22). The molecule has 0 aromatic heterocycles. The van der Waals surface area contributed by atoms with E-state index in [1.807, 2.05) is 12.1 Å². The minimum absolute atomic E-state index is 0.382. The van der Waals surface area contributed by atoms with Crippen LogP contribution in [-0.2, 0) is 12.6 Å². The van der Waals surface area contributed by atoms with Crippen LogP contribution in [0.4, 0.5) is 18.9 Å². The van der Waals surface area contributed by atoms with Crippen molar-refractivity contribution in [3.63, 3.8) is 0 Å². The Labute approximate surface area is 127 Å². The van der Waals surface area contributed by atoms with Gasteiger partial charge in [0.25, 0.3) is 5.91 Å². The monoisotopic (exact) mass is 307 g/mol. The van der Waals surface area contributed by atoms with E-state index >= 15 is 0 Å². The quantitative estimate of drug-likeness (QED) is 0.854. The maximum atomic E-state index is 12.9. The van der Waals surface area contributed by atoms with Crippen molar-refractivity contribution >= 4 is 11.6 Å². The molecule has 2 aromatic carbocycles. The smallest absolute Gasteiger partial charge is 0.322 e. The van der Waals surface area contributed by atoms with Gasteiger partial charge in [-0.3, -0.25) is 4.79 Å². The number of rotatable bonds is 4. The molecular weight excluding hydrogens is 291 g/mol. The second kappa shape index (κ2) is 6.64. The number of nitrogens with one attached hydrogen (secondary N) is 1. The van der Waals surface area contributed by atoms with E-state index in [4.69, 9.17) is 0 Å². The zero-order chi connectivity index (χ0) is 16.2. The summed E-state index contributed by atoms with van der Waals surface area (Å²) in [5, 5.41) is 2.50. The molecule has 2 rings (SSSR count). The molecule has 2 nitrogen and oxygen atoms in total. The second-order valence-electron chi connectivity index (χ2n) is 4.94. The van der Waals surface area contributed by atoms with Crippen LogP contribution in [-0.4, -0.2) is 5.91 Å². The van der Waals surface area contributed by atoms with E-state index in [1.54, 1.807) is 12.1 Å². The number of halogens is 3. The van der Waals surface area contributed by atoms with Crippen LogP contribution < -0.4 is 5.32 Å². The van der Waals surface area contributed by atoms with Gasteiger partial charge in [0.15, 0.2) is 0 Å². The zero-order valence-electron chi connectivity index (χ0n) is 12.1. The number of carbonyl (C=O) groups excluding carboxylic acids is 1. The average Bonchev–Trinajstić information content (AvgIpc) is 2.48. The Balaban J connectivity index is 2.19. The van der Waals surface area contributed by atoms with Crippen LogP contribution in [0.1, 0.15) is 34.8 Å². The molecule has 0 unspecified atom stereocenters. The topological polar surface area (TPSA) is 29.1 Å². The fourth-order valence-corrected chi connectivity index (χ4v) is 2.17. The molecular formula is C17H16F3NO. The number of carbonyl (C=O) groups is 1. The van der Waals surface area contributed by atoms with Crippen LogP contribution in [0.2, 0.25) is 0 Å². The van der Waals surface area contributed by atoms with Crippen LogP contribution in [0.25, 0.3) is 0 Å². The molecule has 0 saturated heterocycles. The van der Waals surface area contributed by atoms with Crippen LogP contribution in [0.15, 0.2) is 48.5 Å². The Kier molecular flexibility index (Phi) is 4.85. The summed E-state index contributed by atoms with van der Waals surface area (Å²) in [5.74, 6) is -0.767. The minimum atomic E-state index is -4.56. The number of hydrogen-bond acceptors (Lipinski definition) is 1. The molecule has 0 fully saturated rings. The van der Waals surface area contributed by atoms with Gasteiger partial charge in [-0.1, -0.05) is 37.6 Å². The first-order valence-electron chi connectivity index (χ1n) is 6.98. The highest BCUT2D eigenvalue weighted by Gasteiger charge is 2.34. The first-order valence-corrected chi connectivity index (χ1v) is 6.98. The fraction of sp³-hybridized carbons (Fsp3) is 0.235. The predicted molar refractivity (Wildman–Crippen MR) is 79.8 cm³/mol. The Morgan fingerprint density at radius 2 is 1.68 bits per heavy atom. The van der Waals surface area contributed by atoms with Crippen LogP contribution in [0.3, 0.4) is 0 Å². The molecule has 1 amide bonds. The lowest BCUT2D eigenvalue weighted by atomic mass is 10.1. The van der Waals surface area contributed by atoms with E-state index in [1.165, 1.54) is 18.2 Å². The van der Waals surface area contributed by atoms with Gasteiger partial charge in [-0.25, -0.2) is 0 Å². The minimum Gasteiger partial charge on any atom is -0.322 e. The number of amides is 1. The van der Waals surface area contributed by atoms with Crippen molar-refractivity contribution in [3.8, 4) is 0 Å². The fourth-order valence-electron chi connectivity index (χ4n) is 2.17. The summed E-state index contributed by atoms with van der Waals surface area (Å²) in [6, 6.07) is 11.8. The molecule has 0 bridgehead atoms. The first-order chi connectivity index (χ1) is 10.4. The number of alkyl halides is 3. The molecule has 2 aromatic rings. The van der Waals surface area contributed by atoms with Gasteiger partial charge in [0.05, 0.1) is 11.1 Å². The highest BCUT2D eigenvalue weighted by molar-refractivity contribution is 6.05. The molecule has 0 atom stereocenters. The van der Waals surface area contributed by atoms with E-state index in [9.17, 15) is 18.0 Å². The molecule has 116 valence electrons. The van der Waals surface area contributed by atoms with Gasteiger partial charge < -0.3 is 5.32 Å². The van der Waals surface area contributed by atoms with Crippen LogP contribution in [0, 0.1) is 0 Å². The number of hydrogen-bond donors (Lipinski definition) is 1. The highest BCUT2D eigenvalue weighted by Crippen LogP contribution is 2.32. The summed E-state index contributed by atoms with van der Waals surface area (Å²) >= 11 is 0. The SMILES string of the molecule is CCCc1ccc(NC(=O)c2ccccc2C(F)(F)F)cc1. The molecule has 0 radical (unpaired) electrons. The van der Waals surface area contributed by atoms with E-state index in [-0.39, 0.29) is 5.56 Å². The van der Waals surface area contributed by atoms with Gasteiger partial charge in [0.2, 0.25) is 0 Å². The van der Waals surface area contributed by atoms with E-state index in [0.29, 0.717) is 5.69 Å². The van der Waals surface area contributed by atoms with E-state index in [2.05, 4.69) is 12.2 Å². The third kappa shape index (κ3) is 3.87. The Morgan fingerprint density at radius 1 is 1.05 bits per heavy atom. The lowest BCUT2D eigenvalue weighted by Gasteiger charge is -2.12. The molecule has 0 aliphatic heterocycles. The van der Waals surface area contributed by atoms with Crippen molar-refractivity contribution in [2.75, 3.05) is 5.32 Å². The summed E-state index contributed by atoms with van der Waals surface area (Å²) in [6.45, 7) is 2.06. The van der Waals surface area contributed by atoms with Gasteiger partial charge in [-0.05, 0) is 36.2 Å². The summed E-state index contributed by atoms with van der Waals surface area (Å²) < 4.78 is 38.7. The van der Waals surface area contributed by atoms with E-state index < -0.39 is 17.6 Å². The summed E-state index contributed by atoms with van der Waals surface area (Å²) in [4.78, 5) is 12.1. The van der Waals surface area contributed by atoms with Crippen LogP contribution >= 0.6 is 0 Å². The van der Waals surface area contributed by atoms with Crippen molar-refractivity contribution in [2.45, 2.75) is 25.9 Å². The lowest BCUT2D eigenvalue weighted by molar-refractivity contribution is -0.137. The van der Waals surface area contributed by atoms with Gasteiger partial charge in [-0.2, -0.15) is 13.2 Å².